The Morgan fingerprint density at radius 3 is 2.65 bits per heavy atom. The summed E-state index contributed by atoms with van der Waals surface area (Å²) < 4.78 is 0. The number of nitro groups is 1. The highest BCUT2D eigenvalue weighted by Crippen LogP contribution is 2.55. The maximum Gasteiger partial charge on any atom is 0.269 e. The van der Waals surface area contributed by atoms with Crippen LogP contribution in [0.3, 0.4) is 0 Å². The van der Waals surface area contributed by atoms with Gasteiger partial charge >= 0.3 is 0 Å². The van der Waals surface area contributed by atoms with Crippen LogP contribution in [-0.2, 0) is 0 Å². The summed E-state index contributed by atoms with van der Waals surface area (Å²) in [5.74, 6) is 0.621. The van der Waals surface area contributed by atoms with Gasteiger partial charge in [-0.15, -0.1) is 0 Å². The Balaban J connectivity index is 1.79. The van der Waals surface area contributed by atoms with Crippen molar-refractivity contribution in [2.45, 2.75) is 44.7 Å². The van der Waals surface area contributed by atoms with Crippen LogP contribution in [0.25, 0.3) is 0 Å². The molecule has 1 saturated heterocycles. The predicted molar refractivity (Wildman–Crippen MR) is 79.9 cm³/mol. The van der Waals surface area contributed by atoms with E-state index in [-0.39, 0.29) is 16.1 Å². The number of nitrogens with zero attached hydrogens (tertiary/aromatic N) is 2. The monoisotopic (exact) mass is 272 g/mol. The topological polar surface area (TPSA) is 46.1 Å². The normalized spacial score (nSPS) is 31.6. The van der Waals surface area contributed by atoms with E-state index in [1.54, 1.807) is 12.1 Å². The van der Waals surface area contributed by atoms with Crippen molar-refractivity contribution in [3.8, 4) is 0 Å². The van der Waals surface area contributed by atoms with Crippen molar-refractivity contribution < 1.29 is 4.92 Å². The van der Waals surface area contributed by atoms with E-state index in [0.717, 1.165) is 12.1 Å². The first-order valence-electron chi connectivity index (χ1n) is 7.12. The zero-order chi connectivity index (χ0) is 14.5. The summed E-state index contributed by atoms with van der Waals surface area (Å²) in [5.41, 5.74) is 2.78. The van der Waals surface area contributed by atoms with E-state index in [9.17, 15) is 10.1 Å². The molecule has 1 heterocycles. The van der Waals surface area contributed by atoms with Gasteiger partial charge in [-0.25, -0.2) is 0 Å². The molecule has 0 radical (unpaired) electrons. The lowest BCUT2D eigenvalue weighted by molar-refractivity contribution is -0.384. The number of allylic oxidation sites excluding steroid dienone is 1. The van der Waals surface area contributed by atoms with Gasteiger partial charge in [0, 0.05) is 17.8 Å². The summed E-state index contributed by atoms with van der Waals surface area (Å²) in [7, 11) is 0. The van der Waals surface area contributed by atoms with Crippen molar-refractivity contribution in [2.24, 2.45) is 5.92 Å². The third kappa shape index (κ3) is 1.90. The molecule has 1 aliphatic carbocycles. The quantitative estimate of drug-likeness (QED) is 0.362. The summed E-state index contributed by atoms with van der Waals surface area (Å²) in [6.45, 7) is 8.51. The van der Waals surface area contributed by atoms with Gasteiger partial charge in [0.15, 0.2) is 0 Å². The van der Waals surface area contributed by atoms with E-state index >= 15 is 0 Å². The molecule has 1 aliphatic heterocycles. The molecule has 106 valence electrons. The maximum atomic E-state index is 10.7. The Morgan fingerprint density at radius 1 is 1.45 bits per heavy atom. The molecule has 0 aromatic heterocycles. The molecule has 20 heavy (non-hydrogen) atoms. The Kier molecular flexibility index (Phi) is 2.85. The fourth-order valence-corrected chi connectivity index (χ4v) is 3.66. The number of fused-ring (bicyclic) bond motifs is 1. The molecule has 1 aromatic rings. The molecular weight excluding hydrogens is 252 g/mol. The molecule has 3 rings (SSSR count). The highest BCUT2D eigenvalue weighted by Gasteiger charge is 2.61. The van der Waals surface area contributed by atoms with Gasteiger partial charge in [0.05, 0.1) is 16.5 Å². The summed E-state index contributed by atoms with van der Waals surface area (Å²) in [4.78, 5) is 12.8. The van der Waals surface area contributed by atoms with Crippen LogP contribution >= 0.6 is 0 Å². The molecule has 0 unspecified atom stereocenters. The highest BCUT2D eigenvalue weighted by molar-refractivity contribution is 5.62. The molecule has 0 spiro atoms. The van der Waals surface area contributed by atoms with Crippen molar-refractivity contribution >= 4 is 11.4 Å². The SMILES string of the molecule is C=C(C)[C@@H]1CC[C@]2(C)[C@H](C1)N2c1ccc([N+](=O)[O-])cc1. The molecular formula is C16H20N2O2. The van der Waals surface area contributed by atoms with Crippen molar-refractivity contribution in [3.63, 3.8) is 0 Å². The summed E-state index contributed by atoms with van der Waals surface area (Å²) in [5, 5.41) is 10.7. The predicted octanol–water partition coefficient (Wildman–Crippen LogP) is 3.92. The van der Waals surface area contributed by atoms with Crippen molar-refractivity contribution in [3.05, 3.63) is 46.5 Å². The molecule has 3 atom stereocenters. The molecule has 2 aliphatic rings. The molecule has 0 N–H and O–H groups in total. The fraction of sp³-hybridized carbons (Fsp3) is 0.500. The minimum atomic E-state index is -0.349. The second kappa shape index (κ2) is 4.33. The lowest BCUT2D eigenvalue weighted by Gasteiger charge is -2.23. The molecule has 4 heteroatoms. The molecule has 2 fully saturated rings. The van der Waals surface area contributed by atoms with E-state index in [1.807, 2.05) is 12.1 Å². The fourth-order valence-electron chi connectivity index (χ4n) is 3.66. The second-order valence-electron chi connectivity index (χ2n) is 6.33. The lowest BCUT2D eigenvalue weighted by Crippen LogP contribution is -2.22. The number of hydrogen-bond donors (Lipinski definition) is 0. The van der Waals surface area contributed by atoms with Crippen LogP contribution in [0.1, 0.15) is 33.1 Å². The molecule has 0 bridgehead atoms. The number of hydrogen-bond acceptors (Lipinski definition) is 3. The summed E-state index contributed by atoms with van der Waals surface area (Å²) >= 11 is 0. The molecule has 1 saturated carbocycles. The van der Waals surface area contributed by atoms with Crippen LogP contribution in [-0.4, -0.2) is 16.5 Å². The van der Waals surface area contributed by atoms with Crippen molar-refractivity contribution in [1.29, 1.82) is 0 Å². The van der Waals surface area contributed by atoms with Crippen LogP contribution in [0.5, 0.6) is 0 Å². The van der Waals surface area contributed by atoms with Crippen LogP contribution in [0, 0.1) is 16.0 Å². The Labute approximate surface area is 119 Å². The summed E-state index contributed by atoms with van der Waals surface area (Å²) in [6, 6.07) is 7.49. The standard InChI is InChI=1S/C16H20N2O2/c1-11(2)12-8-9-16(3)15(10-12)17(16)13-4-6-14(7-5-13)18(19)20/h4-7,12,15H,1,8-10H2,2-3H3/t12-,15+,16-,17?/m1/s1. The number of benzene rings is 1. The van der Waals surface area contributed by atoms with Gasteiger partial charge in [0.2, 0.25) is 0 Å². The third-order valence-electron chi connectivity index (χ3n) is 5.05. The maximum absolute atomic E-state index is 10.7. The molecule has 0 amide bonds. The average molecular weight is 272 g/mol. The van der Waals surface area contributed by atoms with Crippen molar-refractivity contribution in [2.75, 3.05) is 4.90 Å². The Hall–Kier alpha value is -1.84. The van der Waals surface area contributed by atoms with E-state index in [0.29, 0.717) is 12.0 Å². The first kappa shape index (κ1) is 13.2. The average Bonchev–Trinajstić information content (AvgIpc) is 3.03. The van der Waals surface area contributed by atoms with E-state index in [4.69, 9.17) is 0 Å². The zero-order valence-corrected chi connectivity index (χ0v) is 12.0. The number of anilines is 1. The van der Waals surface area contributed by atoms with Crippen LogP contribution < -0.4 is 4.90 Å². The van der Waals surface area contributed by atoms with Gasteiger partial charge in [-0.05, 0) is 51.2 Å². The number of rotatable bonds is 3. The van der Waals surface area contributed by atoms with Gasteiger partial charge in [-0.2, -0.15) is 0 Å². The molecule has 1 aromatic carbocycles. The van der Waals surface area contributed by atoms with Crippen LogP contribution in [0.15, 0.2) is 36.4 Å². The van der Waals surface area contributed by atoms with Crippen LogP contribution in [0.2, 0.25) is 0 Å². The number of non-ortho nitro benzene ring substituents is 1. The molecule has 4 nitrogen and oxygen atoms in total. The van der Waals surface area contributed by atoms with E-state index in [2.05, 4.69) is 25.3 Å². The van der Waals surface area contributed by atoms with Gasteiger partial charge in [0.1, 0.15) is 0 Å². The smallest absolute Gasteiger partial charge is 0.269 e. The largest absolute Gasteiger partial charge is 0.359 e. The van der Waals surface area contributed by atoms with Crippen LogP contribution in [0.4, 0.5) is 11.4 Å². The highest BCUT2D eigenvalue weighted by atomic mass is 16.6. The zero-order valence-electron chi connectivity index (χ0n) is 12.0. The van der Waals surface area contributed by atoms with Gasteiger partial charge in [-0.3, -0.25) is 10.1 Å². The first-order valence-corrected chi connectivity index (χ1v) is 7.12. The Bertz CT molecular complexity index is 566. The minimum absolute atomic E-state index is 0.156. The van der Waals surface area contributed by atoms with E-state index < -0.39 is 0 Å². The van der Waals surface area contributed by atoms with Gasteiger partial charge < -0.3 is 4.90 Å². The van der Waals surface area contributed by atoms with E-state index in [1.165, 1.54) is 18.4 Å². The number of nitro benzene ring substituents is 1. The first-order chi connectivity index (χ1) is 9.43. The Morgan fingerprint density at radius 2 is 2.10 bits per heavy atom. The second-order valence-corrected chi connectivity index (χ2v) is 6.33. The third-order valence-corrected chi connectivity index (χ3v) is 5.05. The van der Waals surface area contributed by atoms with Gasteiger partial charge in [-0.1, -0.05) is 12.2 Å². The van der Waals surface area contributed by atoms with Crippen molar-refractivity contribution in [1.82, 2.24) is 0 Å². The van der Waals surface area contributed by atoms with Gasteiger partial charge in [0.25, 0.3) is 5.69 Å². The lowest BCUT2D eigenvalue weighted by atomic mass is 9.80. The minimum Gasteiger partial charge on any atom is -0.359 e. The summed E-state index contributed by atoms with van der Waals surface area (Å²) in [6.07, 6.45) is 3.53.